The van der Waals surface area contributed by atoms with Gasteiger partial charge in [0.2, 0.25) is 0 Å². The van der Waals surface area contributed by atoms with E-state index in [4.69, 9.17) is 4.74 Å². The Labute approximate surface area is 132 Å². The zero-order valence-corrected chi connectivity index (χ0v) is 13.5. The summed E-state index contributed by atoms with van der Waals surface area (Å²) in [5.41, 5.74) is 2.30. The molecule has 1 aromatic rings. The number of morpholine rings is 1. The predicted octanol–water partition coefficient (Wildman–Crippen LogP) is 1.85. The van der Waals surface area contributed by atoms with Gasteiger partial charge in [0.05, 0.1) is 19.1 Å². The molecule has 2 rings (SSSR count). The van der Waals surface area contributed by atoms with E-state index in [1.807, 2.05) is 0 Å². The second-order valence-electron chi connectivity index (χ2n) is 5.97. The average molecular weight is 306 g/mol. The Hall–Kier alpha value is -1.59. The summed E-state index contributed by atoms with van der Waals surface area (Å²) in [6, 6.07) is 8.29. The minimum absolute atomic E-state index is 0.383. The summed E-state index contributed by atoms with van der Waals surface area (Å²) >= 11 is 0. The molecule has 0 aliphatic carbocycles. The van der Waals surface area contributed by atoms with Gasteiger partial charge in [-0.25, -0.2) is 0 Å². The van der Waals surface area contributed by atoms with Crippen LogP contribution in [0.4, 0.5) is 5.69 Å². The van der Waals surface area contributed by atoms with E-state index in [0.29, 0.717) is 6.54 Å². The number of rotatable bonds is 7. The lowest BCUT2D eigenvalue weighted by atomic mass is 10.1. The highest BCUT2D eigenvalue weighted by molar-refractivity contribution is 5.70. The number of aryl methyl sites for hydroxylation is 1. The molecule has 122 valence electrons. The number of hydrogen-bond donors (Lipinski definition) is 1. The van der Waals surface area contributed by atoms with E-state index in [-0.39, 0.29) is 5.92 Å². The van der Waals surface area contributed by atoms with Crippen LogP contribution in [-0.4, -0.2) is 61.9 Å². The van der Waals surface area contributed by atoms with Crippen LogP contribution in [0.1, 0.15) is 12.5 Å². The van der Waals surface area contributed by atoms with Crippen LogP contribution >= 0.6 is 0 Å². The highest BCUT2D eigenvalue weighted by Crippen LogP contribution is 2.17. The highest BCUT2D eigenvalue weighted by Gasteiger charge is 2.18. The quantitative estimate of drug-likeness (QED) is 0.833. The van der Waals surface area contributed by atoms with E-state index < -0.39 is 5.97 Å². The first-order chi connectivity index (χ1) is 10.6. The standard InChI is InChI=1S/C17H26N2O3/c1-14-3-5-16(6-4-14)19(13-15(2)17(20)21)8-7-18-9-11-22-12-10-18/h3-6,15H,7-13H2,1-2H3,(H,20,21). The lowest BCUT2D eigenvalue weighted by Crippen LogP contribution is -2.43. The summed E-state index contributed by atoms with van der Waals surface area (Å²) in [6.45, 7) is 9.60. The van der Waals surface area contributed by atoms with E-state index in [2.05, 4.69) is 41.0 Å². The predicted molar refractivity (Wildman–Crippen MR) is 87.5 cm³/mol. The van der Waals surface area contributed by atoms with Gasteiger partial charge in [-0.05, 0) is 19.1 Å². The maximum absolute atomic E-state index is 11.2. The first-order valence-corrected chi connectivity index (χ1v) is 7.91. The molecule has 1 aliphatic rings. The summed E-state index contributed by atoms with van der Waals surface area (Å²) in [6.07, 6.45) is 0. The van der Waals surface area contributed by atoms with Gasteiger partial charge < -0.3 is 14.7 Å². The molecule has 22 heavy (non-hydrogen) atoms. The van der Waals surface area contributed by atoms with Crippen LogP contribution in [0.2, 0.25) is 0 Å². The van der Waals surface area contributed by atoms with Gasteiger partial charge >= 0.3 is 5.97 Å². The van der Waals surface area contributed by atoms with Crippen molar-refractivity contribution in [1.82, 2.24) is 4.90 Å². The molecule has 1 aromatic carbocycles. The van der Waals surface area contributed by atoms with Gasteiger partial charge in [-0.2, -0.15) is 0 Å². The number of anilines is 1. The number of benzene rings is 1. The minimum Gasteiger partial charge on any atom is -0.481 e. The molecule has 1 fully saturated rings. The highest BCUT2D eigenvalue weighted by atomic mass is 16.5. The maximum Gasteiger partial charge on any atom is 0.308 e. The third kappa shape index (κ3) is 5.00. The van der Waals surface area contributed by atoms with Crippen LogP contribution in [0.3, 0.4) is 0 Å². The fourth-order valence-corrected chi connectivity index (χ4v) is 2.58. The van der Waals surface area contributed by atoms with Crippen molar-refractivity contribution in [3.63, 3.8) is 0 Å². The lowest BCUT2D eigenvalue weighted by molar-refractivity contribution is -0.140. The number of carboxylic acid groups (broad SMARTS) is 1. The van der Waals surface area contributed by atoms with Crippen molar-refractivity contribution in [2.75, 3.05) is 50.8 Å². The fraction of sp³-hybridized carbons (Fsp3) is 0.588. The van der Waals surface area contributed by atoms with Gasteiger partial charge in [0.15, 0.2) is 0 Å². The Morgan fingerprint density at radius 3 is 2.55 bits per heavy atom. The molecule has 1 heterocycles. The molecular weight excluding hydrogens is 280 g/mol. The minimum atomic E-state index is -0.747. The van der Waals surface area contributed by atoms with E-state index in [1.54, 1.807) is 6.92 Å². The summed E-state index contributed by atoms with van der Waals surface area (Å²) in [5.74, 6) is -1.13. The Bertz CT molecular complexity index is 469. The number of ether oxygens (including phenoxy) is 1. The zero-order chi connectivity index (χ0) is 15.9. The van der Waals surface area contributed by atoms with Crippen molar-refractivity contribution in [3.05, 3.63) is 29.8 Å². The molecule has 1 atom stereocenters. The zero-order valence-electron chi connectivity index (χ0n) is 13.5. The van der Waals surface area contributed by atoms with Crippen molar-refractivity contribution in [2.24, 2.45) is 5.92 Å². The lowest BCUT2D eigenvalue weighted by Gasteiger charge is -2.32. The molecule has 1 saturated heterocycles. The van der Waals surface area contributed by atoms with E-state index in [1.165, 1.54) is 5.56 Å². The number of carbonyl (C=O) groups is 1. The number of carboxylic acids is 1. The molecule has 0 aromatic heterocycles. The van der Waals surface area contributed by atoms with Crippen molar-refractivity contribution in [2.45, 2.75) is 13.8 Å². The van der Waals surface area contributed by atoms with Crippen molar-refractivity contribution in [1.29, 1.82) is 0 Å². The molecule has 0 amide bonds. The van der Waals surface area contributed by atoms with E-state index in [0.717, 1.165) is 45.1 Å². The molecular formula is C17H26N2O3. The van der Waals surface area contributed by atoms with Crippen LogP contribution in [0.5, 0.6) is 0 Å². The molecule has 5 nitrogen and oxygen atoms in total. The Morgan fingerprint density at radius 2 is 1.95 bits per heavy atom. The van der Waals surface area contributed by atoms with Gasteiger partial charge in [-0.15, -0.1) is 0 Å². The molecule has 0 bridgehead atoms. The average Bonchev–Trinajstić information content (AvgIpc) is 2.53. The largest absolute Gasteiger partial charge is 0.481 e. The van der Waals surface area contributed by atoms with Crippen LogP contribution in [0.25, 0.3) is 0 Å². The Kier molecular flexibility index (Phi) is 6.21. The Balaban J connectivity index is 2.00. The molecule has 1 N–H and O–H groups in total. The van der Waals surface area contributed by atoms with Crippen molar-refractivity contribution < 1.29 is 14.6 Å². The number of aliphatic carboxylic acids is 1. The number of nitrogens with zero attached hydrogens (tertiary/aromatic N) is 2. The van der Waals surface area contributed by atoms with Crippen LogP contribution in [0, 0.1) is 12.8 Å². The SMILES string of the molecule is Cc1ccc(N(CCN2CCOCC2)CC(C)C(=O)O)cc1. The van der Waals surface area contributed by atoms with Gasteiger partial charge in [0, 0.05) is 38.4 Å². The second-order valence-corrected chi connectivity index (χ2v) is 5.97. The monoisotopic (exact) mass is 306 g/mol. The van der Waals surface area contributed by atoms with Crippen molar-refractivity contribution >= 4 is 11.7 Å². The summed E-state index contributed by atoms with van der Waals surface area (Å²) in [4.78, 5) is 15.7. The maximum atomic E-state index is 11.2. The molecule has 0 saturated carbocycles. The Morgan fingerprint density at radius 1 is 1.32 bits per heavy atom. The number of hydrogen-bond acceptors (Lipinski definition) is 4. The fourth-order valence-electron chi connectivity index (χ4n) is 2.58. The smallest absolute Gasteiger partial charge is 0.308 e. The van der Waals surface area contributed by atoms with Crippen LogP contribution in [0.15, 0.2) is 24.3 Å². The van der Waals surface area contributed by atoms with Gasteiger partial charge in [0.1, 0.15) is 0 Å². The van der Waals surface area contributed by atoms with Gasteiger partial charge in [-0.3, -0.25) is 9.69 Å². The first kappa shape index (κ1) is 16.8. The van der Waals surface area contributed by atoms with Gasteiger partial charge in [0.25, 0.3) is 0 Å². The summed E-state index contributed by atoms with van der Waals surface area (Å²) in [7, 11) is 0. The topological polar surface area (TPSA) is 53.0 Å². The molecule has 5 heteroatoms. The molecule has 0 radical (unpaired) electrons. The third-order valence-corrected chi connectivity index (χ3v) is 4.10. The first-order valence-electron chi connectivity index (χ1n) is 7.91. The second kappa shape index (κ2) is 8.15. The summed E-state index contributed by atoms with van der Waals surface area (Å²) < 4.78 is 5.37. The van der Waals surface area contributed by atoms with E-state index in [9.17, 15) is 9.90 Å². The molecule has 1 unspecified atom stereocenters. The summed E-state index contributed by atoms with van der Waals surface area (Å²) in [5, 5.41) is 9.19. The van der Waals surface area contributed by atoms with Crippen molar-refractivity contribution in [3.8, 4) is 0 Å². The normalized spacial score (nSPS) is 17.2. The van der Waals surface area contributed by atoms with E-state index >= 15 is 0 Å². The van der Waals surface area contributed by atoms with Crippen LogP contribution in [-0.2, 0) is 9.53 Å². The molecule has 0 spiro atoms. The van der Waals surface area contributed by atoms with Gasteiger partial charge in [-0.1, -0.05) is 24.6 Å². The third-order valence-electron chi connectivity index (χ3n) is 4.10. The van der Waals surface area contributed by atoms with Crippen LogP contribution < -0.4 is 4.90 Å². The molecule has 1 aliphatic heterocycles.